The second-order valence-electron chi connectivity index (χ2n) is 4.59. The molecule has 2 rings (SSSR count). The summed E-state index contributed by atoms with van der Waals surface area (Å²) in [5.41, 5.74) is 0. The van der Waals surface area contributed by atoms with E-state index in [1.165, 1.54) is 12.8 Å². The third kappa shape index (κ3) is 5.42. The van der Waals surface area contributed by atoms with Gasteiger partial charge in [-0.25, -0.2) is 9.97 Å². The summed E-state index contributed by atoms with van der Waals surface area (Å²) in [5, 5.41) is 3.31. The minimum Gasteiger partial charge on any atom is -0.382 e. The third-order valence-corrected chi connectivity index (χ3v) is 3.26. The van der Waals surface area contributed by atoms with Crippen molar-refractivity contribution in [1.29, 1.82) is 0 Å². The van der Waals surface area contributed by atoms with Gasteiger partial charge in [0.25, 0.3) is 0 Å². The van der Waals surface area contributed by atoms with Gasteiger partial charge in [-0.05, 0) is 35.2 Å². The van der Waals surface area contributed by atoms with Crippen LogP contribution in [0.1, 0.15) is 31.0 Å². The van der Waals surface area contributed by atoms with Gasteiger partial charge in [-0.3, -0.25) is 0 Å². The Kier molecular flexibility index (Phi) is 6.00. The van der Waals surface area contributed by atoms with Crippen LogP contribution in [-0.2, 0) is 9.47 Å². The van der Waals surface area contributed by atoms with Crippen molar-refractivity contribution in [1.82, 2.24) is 9.97 Å². The van der Waals surface area contributed by atoms with Crippen LogP contribution in [0.4, 0.5) is 5.82 Å². The number of ether oxygens (including phenoxy) is 2. The summed E-state index contributed by atoms with van der Waals surface area (Å²) in [6, 6.07) is 1.91. The smallest absolute Gasteiger partial charge is 0.135 e. The molecule has 1 aliphatic carbocycles. The van der Waals surface area contributed by atoms with E-state index in [0.29, 0.717) is 19.1 Å². The SMILES string of the molecule is COCCOCCCNc1cc(Br)nc(C2CC2)n1. The van der Waals surface area contributed by atoms with Crippen LogP contribution in [-0.4, -0.2) is 43.4 Å². The van der Waals surface area contributed by atoms with Crippen LogP contribution in [0, 0.1) is 0 Å². The zero-order valence-corrected chi connectivity index (χ0v) is 12.8. The number of anilines is 1. The van der Waals surface area contributed by atoms with Crippen molar-refractivity contribution >= 4 is 21.7 Å². The predicted octanol–water partition coefficient (Wildman–Crippen LogP) is 2.58. The Bertz CT molecular complexity index is 399. The van der Waals surface area contributed by atoms with Gasteiger partial charge < -0.3 is 14.8 Å². The molecule has 1 fully saturated rings. The van der Waals surface area contributed by atoms with Gasteiger partial charge in [0.1, 0.15) is 16.2 Å². The molecular weight excluding hydrogens is 310 g/mol. The number of nitrogens with zero attached hydrogens (tertiary/aromatic N) is 2. The van der Waals surface area contributed by atoms with Gasteiger partial charge in [-0.2, -0.15) is 0 Å². The number of hydrogen-bond acceptors (Lipinski definition) is 5. The van der Waals surface area contributed by atoms with Gasteiger partial charge in [0.2, 0.25) is 0 Å². The molecule has 0 bridgehead atoms. The zero-order valence-electron chi connectivity index (χ0n) is 11.2. The topological polar surface area (TPSA) is 56.3 Å². The van der Waals surface area contributed by atoms with Crippen LogP contribution in [0.5, 0.6) is 0 Å². The number of rotatable bonds is 9. The van der Waals surface area contributed by atoms with E-state index in [0.717, 1.165) is 35.8 Å². The molecule has 0 amide bonds. The minimum atomic E-state index is 0.565. The first kappa shape index (κ1) is 14.7. The Morgan fingerprint density at radius 3 is 2.89 bits per heavy atom. The molecular formula is C13H20BrN3O2. The molecule has 1 aromatic heterocycles. The number of nitrogens with one attached hydrogen (secondary N) is 1. The van der Waals surface area contributed by atoms with Crippen molar-refractivity contribution in [3.63, 3.8) is 0 Å². The molecule has 1 heterocycles. The van der Waals surface area contributed by atoms with E-state index in [1.807, 2.05) is 6.07 Å². The van der Waals surface area contributed by atoms with Crippen LogP contribution >= 0.6 is 15.9 Å². The summed E-state index contributed by atoms with van der Waals surface area (Å²) in [6.45, 7) is 2.89. The molecule has 0 unspecified atom stereocenters. The number of aromatic nitrogens is 2. The normalized spacial score (nSPS) is 14.6. The molecule has 0 radical (unpaired) electrons. The van der Waals surface area contributed by atoms with Crippen LogP contribution in [0.25, 0.3) is 0 Å². The lowest BCUT2D eigenvalue weighted by Gasteiger charge is -2.08. The molecule has 1 N–H and O–H groups in total. The fraction of sp³-hybridized carbons (Fsp3) is 0.692. The molecule has 1 aliphatic rings. The molecule has 0 aliphatic heterocycles. The first-order chi connectivity index (χ1) is 9.29. The standard InChI is InChI=1S/C13H20BrN3O2/c1-18-7-8-19-6-2-5-15-12-9-11(14)16-13(17-12)10-3-4-10/h9-10H,2-8H2,1H3,(H,15,16,17). The number of hydrogen-bond donors (Lipinski definition) is 1. The van der Waals surface area contributed by atoms with Crippen LogP contribution < -0.4 is 5.32 Å². The van der Waals surface area contributed by atoms with Gasteiger partial charge in [0, 0.05) is 32.2 Å². The van der Waals surface area contributed by atoms with E-state index < -0.39 is 0 Å². The average Bonchev–Trinajstić information content (AvgIpc) is 3.21. The van der Waals surface area contributed by atoms with Crippen molar-refractivity contribution in [2.45, 2.75) is 25.2 Å². The molecule has 0 saturated heterocycles. The second kappa shape index (κ2) is 7.77. The van der Waals surface area contributed by atoms with E-state index >= 15 is 0 Å². The second-order valence-corrected chi connectivity index (χ2v) is 5.41. The quantitative estimate of drug-likeness (QED) is 0.557. The minimum absolute atomic E-state index is 0.565. The summed E-state index contributed by atoms with van der Waals surface area (Å²) in [6.07, 6.45) is 3.37. The zero-order chi connectivity index (χ0) is 13.5. The van der Waals surface area contributed by atoms with E-state index in [-0.39, 0.29) is 0 Å². The first-order valence-corrected chi connectivity index (χ1v) is 7.44. The lowest BCUT2D eigenvalue weighted by Crippen LogP contribution is -2.10. The van der Waals surface area contributed by atoms with Gasteiger partial charge in [-0.1, -0.05) is 0 Å². The highest BCUT2D eigenvalue weighted by atomic mass is 79.9. The fourth-order valence-corrected chi connectivity index (χ4v) is 2.08. The molecule has 1 aromatic rings. The predicted molar refractivity (Wildman–Crippen MR) is 77.5 cm³/mol. The first-order valence-electron chi connectivity index (χ1n) is 6.64. The largest absolute Gasteiger partial charge is 0.382 e. The highest BCUT2D eigenvalue weighted by Crippen LogP contribution is 2.38. The monoisotopic (exact) mass is 329 g/mol. The van der Waals surface area contributed by atoms with E-state index in [9.17, 15) is 0 Å². The molecule has 19 heavy (non-hydrogen) atoms. The molecule has 5 nitrogen and oxygen atoms in total. The van der Waals surface area contributed by atoms with Crippen molar-refractivity contribution < 1.29 is 9.47 Å². The molecule has 106 valence electrons. The van der Waals surface area contributed by atoms with E-state index in [1.54, 1.807) is 7.11 Å². The Balaban J connectivity index is 1.67. The van der Waals surface area contributed by atoms with E-state index in [2.05, 4.69) is 31.2 Å². The average molecular weight is 330 g/mol. The van der Waals surface area contributed by atoms with Crippen molar-refractivity contribution in [2.75, 3.05) is 38.8 Å². The van der Waals surface area contributed by atoms with E-state index in [4.69, 9.17) is 9.47 Å². The van der Waals surface area contributed by atoms with Crippen LogP contribution in [0.15, 0.2) is 10.7 Å². The van der Waals surface area contributed by atoms with Crippen molar-refractivity contribution in [3.05, 3.63) is 16.5 Å². The fourth-order valence-electron chi connectivity index (χ4n) is 1.68. The Hall–Kier alpha value is -0.720. The highest BCUT2D eigenvalue weighted by Gasteiger charge is 2.27. The molecule has 6 heteroatoms. The number of methoxy groups -OCH3 is 1. The van der Waals surface area contributed by atoms with Crippen LogP contribution in [0.2, 0.25) is 0 Å². The molecule has 1 saturated carbocycles. The lowest BCUT2D eigenvalue weighted by molar-refractivity contribution is 0.0705. The van der Waals surface area contributed by atoms with Gasteiger partial charge in [0.15, 0.2) is 0 Å². The molecule has 0 spiro atoms. The Labute approximate surface area is 122 Å². The maximum Gasteiger partial charge on any atom is 0.135 e. The number of halogens is 1. The van der Waals surface area contributed by atoms with Gasteiger partial charge >= 0.3 is 0 Å². The maximum atomic E-state index is 5.40. The summed E-state index contributed by atoms with van der Waals surface area (Å²) in [7, 11) is 1.68. The van der Waals surface area contributed by atoms with Crippen LogP contribution in [0.3, 0.4) is 0 Å². The third-order valence-electron chi connectivity index (χ3n) is 2.86. The van der Waals surface area contributed by atoms with Gasteiger partial charge in [0.05, 0.1) is 13.2 Å². The maximum absolute atomic E-state index is 5.40. The van der Waals surface area contributed by atoms with Gasteiger partial charge in [-0.15, -0.1) is 0 Å². The Morgan fingerprint density at radius 2 is 2.16 bits per heavy atom. The molecule has 0 aromatic carbocycles. The van der Waals surface area contributed by atoms with Crippen molar-refractivity contribution in [3.8, 4) is 0 Å². The Morgan fingerprint density at radius 1 is 1.32 bits per heavy atom. The molecule has 0 atom stereocenters. The summed E-state index contributed by atoms with van der Waals surface area (Å²) in [5.74, 6) is 2.41. The summed E-state index contributed by atoms with van der Waals surface area (Å²) in [4.78, 5) is 8.93. The summed E-state index contributed by atoms with van der Waals surface area (Å²) >= 11 is 3.43. The van der Waals surface area contributed by atoms with Crippen molar-refractivity contribution in [2.24, 2.45) is 0 Å². The lowest BCUT2D eigenvalue weighted by atomic mass is 10.4. The summed E-state index contributed by atoms with van der Waals surface area (Å²) < 4.78 is 11.2. The highest BCUT2D eigenvalue weighted by molar-refractivity contribution is 9.10.